The third-order valence-corrected chi connectivity index (χ3v) is 5.71. The van der Waals surface area contributed by atoms with Crippen LogP contribution in [0.25, 0.3) is 0 Å². The Kier molecular flexibility index (Phi) is 5.45. The van der Waals surface area contributed by atoms with Gasteiger partial charge in [-0.1, -0.05) is 42.1 Å². The fourth-order valence-corrected chi connectivity index (χ4v) is 4.20. The number of aromatic nitrogens is 3. The Bertz CT molecular complexity index is 1140. The van der Waals surface area contributed by atoms with Crippen LogP contribution in [0.1, 0.15) is 24.1 Å². The van der Waals surface area contributed by atoms with Crippen molar-refractivity contribution in [2.45, 2.75) is 23.9 Å². The zero-order valence-electron chi connectivity index (χ0n) is 16.4. The summed E-state index contributed by atoms with van der Waals surface area (Å²) in [7, 11) is 1.58. The SMILES string of the molecule is COc1cccc(C2C(C(N)=O)=C(C)Nc3nc(SCc4ccccc4F)nn32)c1. The van der Waals surface area contributed by atoms with Gasteiger partial charge in [0.25, 0.3) is 0 Å². The summed E-state index contributed by atoms with van der Waals surface area (Å²) in [6, 6.07) is 13.4. The number of benzene rings is 2. The normalized spacial score (nSPS) is 15.5. The second-order valence-corrected chi connectivity index (χ2v) is 7.69. The van der Waals surface area contributed by atoms with Crippen molar-refractivity contribution in [2.24, 2.45) is 5.73 Å². The molecule has 0 saturated heterocycles. The summed E-state index contributed by atoms with van der Waals surface area (Å²) < 4.78 is 20.9. The molecule has 30 heavy (non-hydrogen) atoms. The molecule has 3 N–H and O–H groups in total. The third-order valence-electron chi connectivity index (χ3n) is 4.82. The highest BCUT2D eigenvalue weighted by Crippen LogP contribution is 2.37. The van der Waals surface area contributed by atoms with E-state index in [9.17, 15) is 9.18 Å². The molecule has 154 valence electrons. The monoisotopic (exact) mass is 425 g/mol. The predicted molar refractivity (Wildman–Crippen MR) is 113 cm³/mol. The molecule has 9 heteroatoms. The fourth-order valence-electron chi connectivity index (χ4n) is 3.39. The number of hydrogen-bond acceptors (Lipinski definition) is 6. The molecule has 2 aromatic carbocycles. The zero-order valence-corrected chi connectivity index (χ0v) is 17.2. The van der Waals surface area contributed by atoms with Crippen molar-refractivity contribution in [1.29, 1.82) is 0 Å². The summed E-state index contributed by atoms with van der Waals surface area (Å²) in [6.07, 6.45) is 0. The van der Waals surface area contributed by atoms with Gasteiger partial charge >= 0.3 is 0 Å². The van der Waals surface area contributed by atoms with Crippen LogP contribution in [0, 0.1) is 5.82 Å². The molecule has 1 amide bonds. The highest BCUT2D eigenvalue weighted by Gasteiger charge is 2.33. The van der Waals surface area contributed by atoms with Crippen LogP contribution in [0.4, 0.5) is 10.3 Å². The number of amides is 1. The lowest BCUT2D eigenvalue weighted by Gasteiger charge is -2.27. The standard InChI is InChI=1S/C21H20FN5O2S/c1-12-17(19(23)28)18(13-7-5-8-15(10-13)29-2)27-20(24-12)25-21(26-27)30-11-14-6-3-4-9-16(14)22/h3-10,18H,11H2,1-2H3,(H2,23,28)(H,24,25,26). The average molecular weight is 425 g/mol. The van der Waals surface area contributed by atoms with Gasteiger partial charge in [-0.15, -0.1) is 5.10 Å². The lowest BCUT2D eigenvalue weighted by atomic mass is 9.95. The molecule has 7 nitrogen and oxygen atoms in total. The van der Waals surface area contributed by atoms with Gasteiger partial charge in [-0.05, 0) is 36.2 Å². The molecular weight excluding hydrogens is 405 g/mol. The first-order valence-electron chi connectivity index (χ1n) is 9.22. The van der Waals surface area contributed by atoms with Crippen LogP contribution in [0.15, 0.2) is 65.0 Å². The number of fused-ring (bicyclic) bond motifs is 1. The Labute approximate surface area is 177 Å². The first kappa shape index (κ1) is 20.0. The number of nitrogens with two attached hydrogens (primary N) is 1. The minimum absolute atomic E-state index is 0.269. The molecule has 1 aliphatic heterocycles. The van der Waals surface area contributed by atoms with E-state index in [0.717, 1.165) is 5.56 Å². The molecule has 1 atom stereocenters. The Morgan fingerprint density at radius 3 is 2.83 bits per heavy atom. The Hall–Kier alpha value is -3.33. The van der Waals surface area contributed by atoms with Gasteiger partial charge in [0.05, 0.1) is 12.7 Å². The van der Waals surface area contributed by atoms with E-state index >= 15 is 0 Å². The number of primary amides is 1. The second kappa shape index (κ2) is 8.19. The molecule has 1 aliphatic rings. The van der Waals surface area contributed by atoms with Gasteiger partial charge in [0.1, 0.15) is 17.6 Å². The van der Waals surface area contributed by atoms with Crippen LogP contribution in [0.5, 0.6) is 5.75 Å². The van der Waals surface area contributed by atoms with Crippen molar-refractivity contribution in [3.05, 3.63) is 76.7 Å². The van der Waals surface area contributed by atoms with Gasteiger partial charge in [0.15, 0.2) is 0 Å². The second-order valence-electron chi connectivity index (χ2n) is 6.75. The predicted octanol–water partition coefficient (Wildman–Crippen LogP) is 3.49. The van der Waals surface area contributed by atoms with Gasteiger partial charge in [-0.2, -0.15) is 4.98 Å². The van der Waals surface area contributed by atoms with E-state index in [2.05, 4.69) is 15.4 Å². The molecule has 1 unspecified atom stereocenters. The highest BCUT2D eigenvalue weighted by atomic mass is 32.2. The Balaban J connectivity index is 1.71. The molecule has 1 aromatic heterocycles. The van der Waals surface area contributed by atoms with Gasteiger partial charge in [-0.3, -0.25) is 4.79 Å². The van der Waals surface area contributed by atoms with Crippen LogP contribution >= 0.6 is 11.8 Å². The van der Waals surface area contributed by atoms with E-state index in [1.54, 1.807) is 36.9 Å². The van der Waals surface area contributed by atoms with Gasteiger partial charge in [-0.25, -0.2) is 9.07 Å². The van der Waals surface area contributed by atoms with Crippen LogP contribution in [0.3, 0.4) is 0 Å². The van der Waals surface area contributed by atoms with E-state index in [1.807, 2.05) is 24.3 Å². The molecule has 0 fully saturated rings. The van der Waals surface area contributed by atoms with E-state index in [-0.39, 0.29) is 5.82 Å². The summed E-state index contributed by atoms with van der Waals surface area (Å²) in [4.78, 5) is 16.8. The molecule has 0 bridgehead atoms. The maximum atomic E-state index is 13.9. The van der Waals surface area contributed by atoms with Crippen molar-refractivity contribution >= 4 is 23.6 Å². The first-order valence-corrected chi connectivity index (χ1v) is 10.2. The quantitative estimate of drug-likeness (QED) is 0.587. The summed E-state index contributed by atoms with van der Waals surface area (Å²) >= 11 is 1.31. The number of nitrogens with zero attached hydrogens (tertiary/aromatic N) is 3. The Morgan fingerprint density at radius 1 is 1.30 bits per heavy atom. The van der Waals surface area contributed by atoms with Gasteiger partial charge in [0.2, 0.25) is 17.0 Å². The number of anilines is 1. The highest BCUT2D eigenvalue weighted by molar-refractivity contribution is 7.98. The van der Waals surface area contributed by atoms with Crippen molar-refractivity contribution in [1.82, 2.24) is 14.8 Å². The average Bonchev–Trinajstić information content (AvgIpc) is 3.14. The van der Waals surface area contributed by atoms with Crippen molar-refractivity contribution in [2.75, 3.05) is 12.4 Å². The molecule has 2 heterocycles. The largest absolute Gasteiger partial charge is 0.497 e. The van der Waals surface area contributed by atoms with Crippen LogP contribution in [-0.4, -0.2) is 27.8 Å². The minimum atomic E-state index is -0.552. The van der Waals surface area contributed by atoms with Gasteiger partial charge < -0.3 is 15.8 Å². The number of nitrogens with one attached hydrogen (secondary N) is 1. The maximum absolute atomic E-state index is 13.9. The number of hydrogen-bond donors (Lipinski definition) is 2. The molecular formula is C21H20FN5O2S. The molecule has 0 spiro atoms. The summed E-state index contributed by atoms with van der Waals surface area (Å²) in [5.41, 5.74) is 8.06. The number of thioether (sulfide) groups is 1. The maximum Gasteiger partial charge on any atom is 0.248 e. The number of ether oxygens (including phenoxy) is 1. The summed E-state index contributed by atoms with van der Waals surface area (Å²) in [6.45, 7) is 1.78. The van der Waals surface area contributed by atoms with E-state index in [1.165, 1.54) is 17.8 Å². The molecule has 4 rings (SSSR count). The van der Waals surface area contributed by atoms with E-state index in [4.69, 9.17) is 10.5 Å². The number of carbonyl (C=O) groups is 1. The number of halogens is 1. The van der Waals surface area contributed by atoms with Crippen LogP contribution in [0.2, 0.25) is 0 Å². The molecule has 0 aliphatic carbocycles. The van der Waals surface area contributed by atoms with Crippen molar-refractivity contribution < 1.29 is 13.9 Å². The van der Waals surface area contributed by atoms with Gasteiger partial charge in [0, 0.05) is 11.4 Å². The lowest BCUT2D eigenvalue weighted by Crippen LogP contribution is -2.31. The number of rotatable bonds is 6. The summed E-state index contributed by atoms with van der Waals surface area (Å²) in [5.74, 6) is 0.712. The number of carbonyl (C=O) groups excluding carboxylic acids is 1. The molecule has 0 radical (unpaired) electrons. The Morgan fingerprint density at radius 2 is 2.10 bits per heavy atom. The smallest absolute Gasteiger partial charge is 0.248 e. The topological polar surface area (TPSA) is 95.1 Å². The molecule has 0 saturated carbocycles. The molecule has 3 aromatic rings. The zero-order chi connectivity index (χ0) is 21.3. The van der Waals surface area contributed by atoms with Crippen molar-refractivity contribution in [3.8, 4) is 5.75 Å². The fraction of sp³-hybridized carbons (Fsp3) is 0.190. The lowest BCUT2D eigenvalue weighted by molar-refractivity contribution is -0.115. The number of allylic oxidation sites excluding steroid dienone is 1. The first-order chi connectivity index (χ1) is 14.5. The van der Waals surface area contributed by atoms with E-state index in [0.29, 0.717) is 39.4 Å². The summed E-state index contributed by atoms with van der Waals surface area (Å²) in [5, 5.41) is 8.14. The number of methoxy groups -OCH3 is 1. The van der Waals surface area contributed by atoms with E-state index < -0.39 is 11.9 Å². The minimum Gasteiger partial charge on any atom is -0.497 e. The van der Waals surface area contributed by atoms with Crippen LogP contribution < -0.4 is 15.8 Å². The van der Waals surface area contributed by atoms with Crippen molar-refractivity contribution in [3.63, 3.8) is 0 Å². The third kappa shape index (κ3) is 3.76. The van der Waals surface area contributed by atoms with Crippen LogP contribution in [-0.2, 0) is 10.5 Å².